The number of hydrogen-bond acceptors (Lipinski definition) is 2. The molecule has 0 radical (unpaired) electrons. The Hall–Kier alpha value is -1.02. The third kappa shape index (κ3) is 3.76. The van der Waals surface area contributed by atoms with Crippen molar-refractivity contribution in [2.45, 2.75) is 72.3 Å². The van der Waals surface area contributed by atoms with Crippen molar-refractivity contribution in [3.05, 3.63) is 28.8 Å². The maximum atomic E-state index is 6.12. The van der Waals surface area contributed by atoms with E-state index in [1.165, 1.54) is 16.7 Å². The van der Waals surface area contributed by atoms with Gasteiger partial charge < -0.3 is 10.5 Å². The molecule has 1 rings (SSSR count). The Balaban J connectivity index is 3.47. The van der Waals surface area contributed by atoms with Gasteiger partial charge in [-0.2, -0.15) is 0 Å². The second-order valence-electron chi connectivity index (χ2n) is 5.87. The molecule has 0 saturated heterocycles. The molecule has 2 N–H and O–H groups in total. The summed E-state index contributed by atoms with van der Waals surface area (Å²) in [6.45, 7) is 13.8. The van der Waals surface area contributed by atoms with E-state index in [1.807, 2.05) is 0 Å². The molecule has 0 bridgehead atoms. The van der Waals surface area contributed by atoms with Crippen LogP contribution in [0.1, 0.15) is 89.0 Å². The summed E-state index contributed by atoms with van der Waals surface area (Å²) in [7, 11) is 0. The Bertz CT molecular complexity index is 394. The van der Waals surface area contributed by atoms with E-state index >= 15 is 0 Å². The van der Waals surface area contributed by atoms with Crippen LogP contribution in [0.15, 0.2) is 12.1 Å². The summed E-state index contributed by atoms with van der Waals surface area (Å²) in [6.07, 6.45) is 2.23. The van der Waals surface area contributed by atoms with E-state index in [2.05, 4.69) is 53.7 Å². The molecule has 0 amide bonds. The lowest BCUT2D eigenvalue weighted by molar-refractivity contribution is 0.328. The van der Waals surface area contributed by atoms with Crippen LogP contribution in [0, 0.1) is 0 Å². The molecule has 0 saturated carbocycles. The summed E-state index contributed by atoms with van der Waals surface area (Å²) in [5.74, 6) is 2.09. The third-order valence-corrected chi connectivity index (χ3v) is 4.27. The smallest absolute Gasteiger partial charge is 0.126 e. The van der Waals surface area contributed by atoms with Crippen LogP contribution in [0.2, 0.25) is 0 Å². The number of rotatable bonds is 7. The molecule has 20 heavy (non-hydrogen) atoms. The lowest BCUT2D eigenvalue weighted by Crippen LogP contribution is -2.11. The van der Waals surface area contributed by atoms with Crippen LogP contribution in [-0.4, -0.2) is 6.61 Å². The second-order valence-corrected chi connectivity index (χ2v) is 5.87. The van der Waals surface area contributed by atoms with Crippen LogP contribution in [0.5, 0.6) is 5.75 Å². The first-order valence-electron chi connectivity index (χ1n) is 8.02. The minimum atomic E-state index is 0.0660. The van der Waals surface area contributed by atoms with Crippen molar-refractivity contribution in [1.82, 2.24) is 0 Å². The SMILES string of the molecule is CCOc1c(C(C)CC)cc(C(C)N)cc1C(C)CC. The quantitative estimate of drug-likeness (QED) is 0.749. The summed E-state index contributed by atoms with van der Waals surface area (Å²) in [6, 6.07) is 4.56. The second kappa shape index (κ2) is 7.68. The van der Waals surface area contributed by atoms with Gasteiger partial charge in [-0.15, -0.1) is 0 Å². The summed E-state index contributed by atoms with van der Waals surface area (Å²) in [5, 5.41) is 0. The van der Waals surface area contributed by atoms with Gasteiger partial charge in [-0.05, 0) is 55.2 Å². The van der Waals surface area contributed by atoms with Crippen molar-refractivity contribution < 1.29 is 4.74 Å². The summed E-state index contributed by atoms with van der Waals surface area (Å²) >= 11 is 0. The van der Waals surface area contributed by atoms with Crippen molar-refractivity contribution >= 4 is 0 Å². The highest BCUT2D eigenvalue weighted by molar-refractivity contribution is 5.48. The zero-order valence-corrected chi connectivity index (χ0v) is 14.0. The molecule has 0 heterocycles. The van der Waals surface area contributed by atoms with Gasteiger partial charge in [0.15, 0.2) is 0 Å². The van der Waals surface area contributed by atoms with E-state index < -0.39 is 0 Å². The molecule has 0 fully saturated rings. The van der Waals surface area contributed by atoms with Gasteiger partial charge in [0, 0.05) is 6.04 Å². The van der Waals surface area contributed by atoms with E-state index in [0.29, 0.717) is 18.4 Å². The molecule has 0 aromatic heterocycles. The van der Waals surface area contributed by atoms with Crippen molar-refractivity contribution in [3.63, 3.8) is 0 Å². The maximum Gasteiger partial charge on any atom is 0.126 e. The maximum absolute atomic E-state index is 6.12. The van der Waals surface area contributed by atoms with Gasteiger partial charge in [0.1, 0.15) is 5.75 Å². The zero-order chi connectivity index (χ0) is 15.3. The Morgan fingerprint density at radius 1 is 0.950 bits per heavy atom. The predicted molar refractivity (Wildman–Crippen MR) is 87.6 cm³/mol. The van der Waals surface area contributed by atoms with Crippen molar-refractivity contribution in [2.75, 3.05) is 6.61 Å². The van der Waals surface area contributed by atoms with E-state index in [-0.39, 0.29) is 6.04 Å². The van der Waals surface area contributed by atoms with Gasteiger partial charge in [-0.3, -0.25) is 0 Å². The minimum absolute atomic E-state index is 0.0660. The fraction of sp³-hybridized carbons (Fsp3) is 0.667. The molecule has 2 nitrogen and oxygen atoms in total. The van der Waals surface area contributed by atoms with Gasteiger partial charge in [-0.1, -0.05) is 39.8 Å². The Morgan fingerprint density at radius 2 is 1.40 bits per heavy atom. The molecule has 0 aliphatic rings. The van der Waals surface area contributed by atoms with E-state index in [9.17, 15) is 0 Å². The number of nitrogens with two attached hydrogens (primary N) is 1. The third-order valence-electron chi connectivity index (χ3n) is 4.27. The highest BCUT2D eigenvalue weighted by Crippen LogP contribution is 2.39. The van der Waals surface area contributed by atoms with Gasteiger partial charge in [0.2, 0.25) is 0 Å². The van der Waals surface area contributed by atoms with Crippen molar-refractivity contribution in [1.29, 1.82) is 0 Å². The molecular weight excluding hydrogens is 246 g/mol. The number of ether oxygens (including phenoxy) is 1. The standard InChI is InChI=1S/C18H31NO/c1-7-12(4)16-10-15(14(6)19)11-17(13(5)8-2)18(16)20-9-3/h10-14H,7-9,19H2,1-6H3. The van der Waals surface area contributed by atoms with Crippen LogP contribution >= 0.6 is 0 Å². The molecule has 0 aliphatic heterocycles. The molecule has 114 valence electrons. The van der Waals surface area contributed by atoms with Crippen LogP contribution in [0.25, 0.3) is 0 Å². The largest absolute Gasteiger partial charge is 0.493 e. The monoisotopic (exact) mass is 277 g/mol. The summed E-state index contributed by atoms with van der Waals surface area (Å²) < 4.78 is 6.01. The molecule has 1 aromatic rings. The van der Waals surface area contributed by atoms with Crippen molar-refractivity contribution in [3.8, 4) is 5.75 Å². The molecule has 3 atom stereocenters. The van der Waals surface area contributed by atoms with Crippen LogP contribution in [0.3, 0.4) is 0 Å². The Morgan fingerprint density at radius 3 is 1.70 bits per heavy atom. The lowest BCUT2D eigenvalue weighted by atomic mass is 9.87. The fourth-order valence-electron chi connectivity index (χ4n) is 2.44. The van der Waals surface area contributed by atoms with E-state index in [4.69, 9.17) is 10.5 Å². The highest BCUT2D eigenvalue weighted by Gasteiger charge is 2.20. The van der Waals surface area contributed by atoms with Gasteiger partial charge in [0.05, 0.1) is 6.61 Å². The average molecular weight is 277 g/mol. The van der Waals surface area contributed by atoms with Crippen LogP contribution in [0.4, 0.5) is 0 Å². The van der Waals surface area contributed by atoms with E-state index in [0.717, 1.165) is 18.6 Å². The summed E-state index contributed by atoms with van der Waals surface area (Å²) in [4.78, 5) is 0. The molecule has 0 aliphatic carbocycles. The van der Waals surface area contributed by atoms with Gasteiger partial charge in [-0.25, -0.2) is 0 Å². The molecule has 3 unspecified atom stereocenters. The first-order chi connectivity index (χ1) is 9.46. The first kappa shape index (κ1) is 17.0. The predicted octanol–water partition coefficient (Wildman–Crippen LogP) is 5.13. The Labute approximate surface area is 124 Å². The number of benzene rings is 1. The lowest BCUT2D eigenvalue weighted by Gasteiger charge is -2.24. The topological polar surface area (TPSA) is 35.2 Å². The molecule has 0 spiro atoms. The van der Waals surface area contributed by atoms with Crippen LogP contribution in [-0.2, 0) is 0 Å². The van der Waals surface area contributed by atoms with Gasteiger partial charge >= 0.3 is 0 Å². The van der Waals surface area contributed by atoms with E-state index in [1.54, 1.807) is 0 Å². The average Bonchev–Trinajstić information content (AvgIpc) is 2.45. The molecule has 2 heteroatoms. The first-order valence-corrected chi connectivity index (χ1v) is 8.02. The highest BCUT2D eigenvalue weighted by atomic mass is 16.5. The minimum Gasteiger partial charge on any atom is -0.493 e. The van der Waals surface area contributed by atoms with Gasteiger partial charge in [0.25, 0.3) is 0 Å². The van der Waals surface area contributed by atoms with Crippen molar-refractivity contribution in [2.24, 2.45) is 5.73 Å². The van der Waals surface area contributed by atoms with Crippen LogP contribution < -0.4 is 10.5 Å². The zero-order valence-electron chi connectivity index (χ0n) is 14.0. The number of hydrogen-bond donors (Lipinski definition) is 1. The summed E-state index contributed by atoms with van der Waals surface area (Å²) in [5.41, 5.74) is 9.98. The normalized spacial score (nSPS) is 15.8. The molecule has 1 aromatic carbocycles. The molecular formula is C18H31NO. The fourth-order valence-corrected chi connectivity index (χ4v) is 2.44. The Kier molecular flexibility index (Phi) is 6.54.